The van der Waals surface area contributed by atoms with Gasteiger partial charge in [0.2, 0.25) is 5.89 Å². The van der Waals surface area contributed by atoms with Crippen molar-refractivity contribution in [3.63, 3.8) is 0 Å². The van der Waals surface area contributed by atoms with Crippen LogP contribution in [0.15, 0.2) is 9.90 Å². The van der Waals surface area contributed by atoms with Gasteiger partial charge in [0.25, 0.3) is 0 Å². The third-order valence-electron chi connectivity index (χ3n) is 2.85. The van der Waals surface area contributed by atoms with E-state index >= 15 is 0 Å². The average molecular weight is 250 g/mol. The predicted molar refractivity (Wildman–Crippen MR) is 63.9 cm³/mol. The fourth-order valence-corrected chi connectivity index (χ4v) is 2.64. The van der Waals surface area contributed by atoms with Gasteiger partial charge in [-0.05, 0) is 26.3 Å². The second kappa shape index (κ2) is 4.54. The number of thiazole rings is 1. The van der Waals surface area contributed by atoms with E-state index in [9.17, 15) is 0 Å². The first kappa shape index (κ1) is 10.9. The van der Waals surface area contributed by atoms with Crippen LogP contribution in [0, 0.1) is 6.92 Å². The zero-order valence-corrected chi connectivity index (χ0v) is 10.5. The van der Waals surface area contributed by atoms with Crippen LogP contribution in [-0.4, -0.2) is 21.7 Å². The van der Waals surface area contributed by atoms with E-state index in [0.29, 0.717) is 12.3 Å². The monoisotopic (exact) mass is 250 g/mol. The summed E-state index contributed by atoms with van der Waals surface area (Å²) in [6.07, 6.45) is 2.91. The summed E-state index contributed by atoms with van der Waals surface area (Å²) < 4.78 is 5.28. The normalized spacial score (nSPS) is 19.9. The Morgan fingerprint density at radius 1 is 1.53 bits per heavy atom. The van der Waals surface area contributed by atoms with Gasteiger partial charge >= 0.3 is 0 Å². The summed E-state index contributed by atoms with van der Waals surface area (Å²) in [5.74, 6) is 1.43. The standard InChI is InChI=1S/C11H14N4OS/c1-7-13-8(6-17-7)5-10-14-11(16-15-10)9-3-2-4-12-9/h6,9,12H,2-5H2,1H3/t9-/m1/s1. The Bertz CT molecular complexity index is 501. The third-order valence-corrected chi connectivity index (χ3v) is 3.67. The Labute approximate surface area is 103 Å². The highest BCUT2D eigenvalue weighted by Gasteiger charge is 2.22. The number of rotatable bonds is 3. The van der Waals surface area contributed by atoms with Crippen LogP contribution in [0.2, 0.25) is 0 Å². The summed E-state index contributed by atoms with van der Waals surface area (Å²) in [6, 6.07) is 0.244. The van der Waals surface area contributed by atoms with Crippen molar-refractivity contribution < 1.29 is 4.52 Å². The fourth-order valence-electron chi connectivity index (χ4n) is 2.03. The van der Waals surface area contributed by atoms with Gasteiger partial charge in [-0.3, -0.25) is 0 Å². The molecule has 2 aromatic heterocycles. The molecule has 0 amide bonds. The molecular formula is C11H14N4OS. The smallest absolute Gasteiger partial charge is 0.243 e. The highest BCUT2D eigenvalue weighted by Crippen LogP contribution is 2.21. The van der Waals surface area contributed by atoms with Crippen molar-refractivity contribution in [2.75, 3.05) is 6.54 Å². The van der Waals surface area contributed by atoms with Gasteiger partial charge < -0.3 is 9.84 Å². The van der Waals surface area contributed by atoms with E-state index in [1.807, 2.05) is 12.3 Å². The van der Waals surface area contributed by atoms with Gasteiger partial charge in [0, 0.05) is 5.38 Å². The number of aromatic nitrogens is 3. The van der Waals surface area contributed by atoms with Crippen LogP contribution in [0.3, 0.4) is 0 Å². The zero-order valence-electron chi connectivity index (χ0n) is 9.64. The second-order valence-electron chi connectivity index (χ2n) is 4.23. The Morgan fingerprint density at radius 3 is 3.18 bits per heavy atom. The summed E-state index contributed by atoms with van der Waals surface area (Å²) >= 11 is 1.65. The van der Waals surface area contributed by atoms with E-state index in [4.69, 9.17) is 4.52 Å². The number of nitrogens with one attached hydrogen (secondary N) is 1. The molecule has 1 atom stereocenters. The number of hydrogen-bond donors (Lipinski definition) is 1. The SMILES string of the molecule is Cc1nc(Cc2noc([C@H]3CCCN3)n2)cs1. The van der Waals surface area contributed by atoms with Crippen LogP contribution in [-0.2, 0) is 6.42 Å². The molecule has 0 bridgehead atoms. The third kappa shape index (κ3) is 2.37. The molecule has 90 valence electrons. The lowest BCUT2D eigenvalue weighted by Crippen LogP contribution is -2.13. The van der Waals surface area contributed by atoms with Crippen molar-refractivity contribution in [3.05, 3.63) is 27.8 Å². The van der Waals surface area contributed by atoms with Gasteiger partial charge in [-0.15, -0.1) is 11.3 Å². The first-order valence-electron chi connectivity index (χ1n) is 5.78. The van der Waals surface area contributed by atoms with E-state index in [1.165, 1.54) is 6.42 Å². The van der Waals surface area contributed by atoms with Crippen LogP contribution < -0.4 is 5.32 Å². The molecular weight excluding hydrogens is 236 g/mol. The van der Waals surface area contributed by atoms with E-state index < -0.39 is 0 Å². The molecule has 1 saturated heterocycles. The predicted octanol–water partition coefficient (Wildman–Crippen LogP) is 1.85. The molecule has 0 aliphatic carbocycles. The molecule has 0 aromatic carbocycles. The molecule has 1 fully saturated rings. The Morgan fingerprint density at radius 2 is 2.47 bits per heavy atom. The molecule has 1 aliphatic heterocycles. The second-order valence-corrected chi connectivity index (χ2v) is 5.29. The Balaban J connectivity index is 1.71. The minimum Gasteiger partial charge on any atom is -0.338 e. The summed E-state index contributed by atoms with van der Waals surface area (Å²) in [6.45, 7) is 3.03. The van der Waals surface area contributed by atoms with Gasteiger partial charge in [-0.25, -0.2) is 4.98 Å². The molecule has 17 heavy (non-hydrogen) atoms. The van der Waals surface area contributed by atoms with Crippen molar-refractivity contribution >= 4 is 11.3 Å². The summed E-state index contributed by atoms with van der Waals surface area (Å²) in [5.41, 5.74) is 1.01. The summed E-state index contributed by atoms with van der Waals surface area (Å²) in [4.78, 5) is 8.82. The van der Waals surface area contributed by atoms with E-state index in [1.54, 1.807) is 11.3 Å². The fraction of sp³-hybridized carbons (Fsp3) is 0.545. The van der Waals surface area contributed by atoms with Crippen molar-refractivity contribution in [1.82, 2.24) is 20.4 Å². The highest BCUT2D eigenvalue weighted by atomic mass is 32.1. The Hall–Kier alpha value is -1.27. The molecule has 0 saturated carbocycles. The van der Waals surface area contributed by atoms with Crippen LogP contribution in [0.25, 0.3) is 0 Å². The molecule has 1 aliphatic rings. The first-order chi connectivity index (χ1) is 8.31. The largest absolute Gasteiger partial charge is 0.338 e. The van der Waals surface area contributed by atoms with Crippen molar-refractivity contribution in [2.45, 2.75) is 32.2 Å². The van der Waals surface area contributed by atoms with Gasteiger partial charge in [0.05, 0.1) is 23.2 Å². The first-order valence-corrected chi connectivity index (χ1v) is 6.66. The minimum absolute atomic E-state index is 0.244. The molecule has 0 spiro atoms. The lowest BCUT2D eigenvalue weighted by atomic mass is 10.2. The highest BCUT2D eigenvalue weighted by molar-refractivity contribution is 7.09. The van der Waals surface area contributed by atoms with Crippen molar-refractivity contribution in [2.24, 2.45) is 0 Å². The molecule has 0 radical (unpaired) electrons. The van der Waals surface area contributed by atoms with Crippen LogP contribution in [0.4, 0.5) is 0 Å². The van der Waals surface area contributed by atoms with Gasteiger partial charge in [-0.1, -0.05) is 5.16 Å². The molecule has 0 unspecified atom stereocenters. The van der Waals surface area contributed by atoms with E-state index in [2.05, 4.69) is 20.4 Å². The lowest BCUT2D eigenvalue weighted by molar-refractivity contribution is 0.341. The quantitative estimate of drug-likeness (QED) is 0.900. The van der Waals surface area contributed by atoms with Crippen LogP contribution in [0.5, 0.6) is 0 Å². The molecule has 1 N–H and O–H groups in total. The molecule has 6 heteroatoms. The van der Waals surface area contributed by atoms with Crippen LogP contribution >= 0.6 is 11.3 Å². The number of nitrogens with zero attached hydrogens (tertiary/aromatic N) is 3. The minimum atomic E-state index is 0.244. The average Bonchev–Trinajstić information content (AvgIpc) is 3.00. The molecule has 5 nitrogen and oxygen atoms in total. The molecule has 2 aromatic rings. The van der Waals surface area contributed by atoms with E-state index in [0.717, 1.165) is 29.5 Å². The van der Waals surface area contributed by atoms with Gasteiger partial charge in [0.1, 0.15) is 0 Å². The zero-order chi connectivity index (χ0) is 11.7. The van der Waals surface area contributed by atoms with Gasteiger partial charge in [-0.2, -0.15) is 4.98 Å². The Kier molecular flexibility index (Phi) is 2.90. The van der Waals surface area contributed by atoms with Crippen LogP contribution in [0.1, 0.15) is 41.3 Å². The number of hydrogen-bond acceptors (Lipinski definition) is 6. The lowest BCUT2D eigenvalue weighted by Gasteiger charge is -2.01. The van der Waals surface area contributed by atoms with E-state index in [-0.39, 0.29) is 6.04 Å². The molecule has 3 heterocycles. The maximum Gasteiger partial charge on any atom is 0.243 e. The van der Waals surface area contributed by atoms with Gasteiger partial charge in [0.15, 0.2) is 5.82 Å². The summed E-state index contributed by atoms with van der Waals surface area (Å²) in [5, 5.41) is 10.5. The van der Waals surface area contributed by atoms with Crippen molar-refractivity contribution in [3.8, 4) is 0 Å². The van der Waals surface area contributed by atoms with Crippen molar-refractivity contribution in [1.29, 1.82) is 0 Å². The maximum absolute atomic E-state index is 5.28. The summed E-state index contributed by atoms with van der Waals surface area (Å²) in [7, 11) is 0. The number of aryl methyl sites for hydroxylation is 1. The topological polar surface area (TPSA) is 63.8 Å². The molecule has 3 rings (SSSR count). The maximum atomic E-state index is 5.28.